The van der Waals surface area contributed by atoms with E-state index in [1.807, 2.05) is 0 Å². The van der Waals surface area contributed by atoms with Gasteiger partial charge < -0.3 is 19.0 Å². The van der Waals surface area contributed by atoms with Crippen LogP contribution >= 0.6 is 0 Å². The van der Waals surface area contributed by atoms with Gasteiger partial charge in [-0.05, 0) is 160 Å². The van der Waals surface area contributed by atoms with E-state index >= 15 is 0 Å². The summed E-state index contributed by atoms with van der Waals surface area (Å²) >= 11 is 0. The highest BCUT2D eigenvalue weighted by molar-refractivity contribution is 6.29. The van der Waals surface area contributed by atoms with Crippen molar-refractivity contribution in [2.24, 2.45) is 5.92 Å². The molecule has 0 saturated heterocycles. The second-order valence-corrected chi connectivity index (χ2v) is 23.1. The number of furan rings is 1. The molecule has 16 rings (SSSR count). The van der Waals surface area contributed by atoms with Crippen molar-refractivity contribution >= 4 is 105 Å². The van der Waals surface area contributed by atoms with Crippen LogP contribution in [-0.4, -0.2) is 6.10 Å². The number of hydrogen-bond acceptors (Lipinski definition) is 4. The molecule has 1 aromatic heterocycles. The molecule has 2 heterocycles. The van der Waals surface area contributed by atoms with Crippen molar-refractivity contribution in [3.05, 3.63) is 227 Å². The number of nitrogens with zero attached hydrogens (tertiary/aromatic N) is 2. The molecule has 0 bridgehead atoms. The van der Waals surface area contributed by atoms with E-state index in [1.165, 1.54) is 152 Å². The molecular formula is C74H62N2O2. The Morgan fingerprint density at radius 1 is 0.385 bits per heavy atom. The van der Waals surface area contributed by atoms with Crippen molar-refractivity contribution in [2.75, 3.05) is 9.80 Å². The predicted molar refractivity (Wildman–Crippen MR) is 327 cm³/mol. The van der Waals surface area contributed by atoms with Gasteiger partial charge >= 0.3 is 0 Å². The summed E-state index contributed by atoms with van der Waals surface area (Å²) in [6.45, 7) is 4.49. The van der Waals surface area contributed by atoms with Gasteiger partial charge in [0.2, 0.25) is 0 Å². The van der Waals surface area contributed by atoms with Gasteiger partial charge in [-0.15, -0.1) is 0 Å². The van der Waals surface area contributed by atoms with Crippen LogP contribution in [0.4, 0.5) is 34.1 Å². The molecule has 0 spiro atoms. The first kappa shape index (κ1) is 45.8. The van der Waals surface area contributed by atoms with Crippen LogP contribution in [-0.2, 0) is 0 Å². The maximum atomic E-state index is 7.57. The van der Waals surface area contributed by atoms with Gasteiger partial charge in [-0.25, -0.2) is 0 Å². The molecular weight excluding hydrogens is 949 g/mol. The first-order chi connectivity index (χ1) is 38.6. The number of aryl methyl sites for hydroxylation is 2. The summed E-state index contributed by atoms with van der Waals surface area (Å²) in [5, 5.41) is 12.3. The number of benzene rings is 11. The smallest absolute Gasteiger partial charge is 0.159 e. The molecule has 2 atom stereocenters. The van der Waals surface area contributed by atoms with Gasteiger partial charge in [0.25, 0.3) is 0 Å². The Morgan fingerprint density at radius 3 is 1.64 bits per heavy atom. The van der Waals surface area contributed by atoms with Crippen LogP contribution in [0.5, 0.6) is 5.75 Å². The number of anilines is 6. The Labute approximate surface area is 456 Å². The molecule has 1 aliphatic heterocycles. The maximum Gasteiger partial charge on any atom is 0.159 e. The first-order valence-corrected chi connectivity index (χ1v) is 28.9. The summed E-state index contributed by atoms with van der Waals surface area (Å²) in [6.07, 6.45) is 15.1. The van der Waals surface area contributed by atoms with Crippen molar-refractivity contribution in [3.63, 3.8) is 0 Å². The summed E-state index contributed by atoms with van der Waals surface area (Å²) in [6, 6.07) is 70.7. The summed E-state index contributed by atoms with van der Waals surface area (Å²) in [4.78, 5) is 5.01. The Hall–Kier alpha value is -8.34. The lowest BCUT2D eigenvalue weighted by molar-refractivity contribution is 0.226. The number of para-hydroxylation sites is 4. The third-order valence-corrected chi connectivity index (χ3v) is 18.8. The zero-order chi connectivity index (χ0) is 51.6. The Morgan fingerprint density at radius 2 is 0.936 bits per heavy atom. The summed E-state index contributed by atoms with van der Waals surface area (Å²) in [5.41, 5.74) is 17.9. The van der Waals surface area contributed by atoms with E-state index < -0.39 is 0 Å². The third-order valence-electron chi connectivity index (χ3n) is 18.8. The average Bonchev–Trinajstić information content (AvgIpc) is 4.28. The van der Waals surface area contributed by atoms with Gasteiger partial charge in [0.15, 0.2) is 5.58 Å². The predicted octanol–water partition coefficient (Wildman–Crippen LogP) is 21.1. The van der Waals surface area contributed by atoms with Crippen LogP contribution in [0.15, 0.2) is 198 Å². The molecule has 12 aromatic rings. The summed E-state index contributed by atoms with van der Waals surface area (Å²) in [7, 11) is 0. The van der Waals surface area contributed by atoms with E-state index in [9.17, 15) is 0 Å². The number of fused-ring (bicyclic) bond motifs is 10. The van der Waals surface area contributed by atoms with Gasteiger partial charge in [-0.3, -0.25) is 0 Å². The normalized spacial score (nSPS) is 17.7. The lowest BCUT2D eigenvalue weighted by Crippen LogP contribution is -2.30. The molecule has 380 valence electrons. The van der Waals surface area contributed by atoms with E-state index in [2.05, 4.69) is 218 Å². The van der Waals surface area contributed by atoms with Gasteiger partial charge in [0.05, 0.1) is 28.7 Å². The zero-order valence-electron chi connectivity index (χ0n) is 44.6. The van der Waals surface area contributed by atoms with E-state index in [0.717, 1.165) is 56.4 Å². The Balaban J connectivity index is 0.906. The molecule has 0 radical (unpaired) electrons. The highest BCUT2D eigenvalue weighted by Crippen LogP contribution is 2.58. The van der Waals surface area contributed by atoms with Gasteiger partial charge in [-0.2, -0.15) is 0 Å². The Bertz CT molecular complexity index is 4390. The number of ether oxygens (including phenoxy) is 1. The first-order valence-electron chi connectivity index (χ1n) is 28.9. The SMILES string of the molecule is Cc1ccccc1N(c1cccc2c1OC1C(C3CCCCC3)=Cc3ccccc3C21)c1ccc2ccc3c(N(c4ccccc4C)c4cccc5c4oc4c(C6CCCCC6)cc6ccccc6c45)ccc4ccc1c2c43. The molecule has 11 aromatic carbocycles. The van der Waals surface area contributed by atoms with Gasteiger partial charge in [0, 0.05) is 38.5 Å². The van der Waals surface area contributed by atoms with Crippen LogP contribution in [0.1, 0.15) is 109 Å². The lowest BCUT2D eigenvalue weighted by Gasteiger charge is -2.34. The molecule has 4 nitrogen and oxygen atoms in total. The average molecular weight is 1010 g/mol. The van der Waals surface area contributed by atoms with Crippen molar-refractivity contribution in [3.8, 4) is 5.75 Å². The fraction of sp³-hybridized carbons (Fsp3) is 0.216. The highest BCUT2D eigenvalue weighted by Gasteiger charge is 2.45. The van der Waals surface area contributed by atoms with Crippen LogP contribution in [0.25, 0.3) is 71.1 Å². The largest absolute Gasteiger partial charge is 0.483 e. The van der Waals surface area contributed by atoms with Crippen molar-refractivity contribution in [1.82, 2.24) is 0 Å². The standard InChI is InChI=1S/C74H62N2O2/c1-45-19-9-15-31-61(45)75(65-33-17-29-57-69-53-27-13-11-25-51(53)43-59(73(69)77-71(57)65)47-21-5-3-6-22-47)63-41-37-49-36-40-56-64(42-38-50-35-39-55(63)67(49)68(50)56)76(62-32-16-10-20-46(62)2)66-34-18-30-58-70-54-28-14-12-26-52(54)44-60(74(70)78-72(58)66)48-23-7-4-8-24-48/h9-20,25-44,47-48,69,73H,3-8,21-24H2,1-2H3. The van der Waals surface area contributed by atoms with E-state index in [4.69, 9.17) is 9.15 Å². The zero-order valence-corrected chi connectivity index (χ0v) is 44.6. The fourth-order valence-corrected chi connectivity index (χ4v) is 15.1. The monoisotopic (exact) mass is 1010 g/mol. The molecule has 0 N–H and O–H groups in total. The van der Waals surface area contributed by atoms with Crippen LogP contribution in [0.2, 0.25) is 0 Å². The topological polar surface area (TPSA) is 28.9 Å². The molecule has 2 saturated carbocycles. The quantitative estimate of drug-likeness (QED) is 0.142. The molecule has 4 heteroatoms. The lowest BCUT2D eigenvalue weighted by atomic mass is 9.72. The molecule has 2 fully saturated rings. The van der Waals surface area contributed by atoms with Gasteiger partial charge in [0.1, 0.15) is 17.4 Å². The minimum Gasteiger partial charge on any atom is -0.483 e. The maximum absolute atomic E-state index is 7.57. The van der Waals surface area contributed by atoms with Crippen molar-refractivity contribution in [2.45, 2.75) is 96.0 Å². The molecule has 2 unspecified atom stereocenters. The molecule has 78 heavy (non-hydrogen) atoms. The molecule has 3 aliphatic carbocycles. The minimum atomic E-state index is -0.0301. The van der Waals surface area contributed by atoms with Crippen LogP contribution < -0.4 is 14.5 Å². The van der Waals surface area contributed by atoms with Crippen molar-refractivity contribution < 1.29 is 9.15 Å². The summed E-state index contributed by atoms with van der Waals surface area (Å²) < 4.78 is 15.0. The summed E-state index contributed by atoms with van der Waals surface area (Å²) in [5.74, 6) is 2.16. The number of rotatable bonds is 8. The van der Waals surface area contributed by atoms with E-state index in [1.54, 1.807) is 0 Å². The van der Waals surface area contributed by atoms with Crippen LogP contribution in [0.3, 0.4) is 0 Å². The molecule has 4 aliphatic rings. The number of hydrogen-bond donors (Lipinski definition) is 0. The highest BCUT2D eigenvalue weighted by atomic mass is 16.5. The van der Waals surface area contributed by atoms with Crippen molar-refractivity contribution in [1.29, 1.82) is 0 Å². The van der Waals surface area contributed by atoms with E-state index in [-0.39, 0.29) is 12.0 Å². The second-order valence-electron chi connectivity index (χ2n) is 23.1. The Kier molecular flexibility index (Phi) is 10.7. The van der Waals surface area contributed by atoms with Gasteiger partial charge in [-0.1, -0.05) is 190 Å². The fourth-order valence-electron chi connectivity index (χ4n) is 15.1. The van der Waals surface area contributed by atoms with Crippen LogP contribution in [0, 0.1) is 19.8 Å². The molecule has 0 amide bonds. The van der Waals surface area contributed by atoms with E-state index in [0.29, 0.717) is 11.8 Å². The third kappa shape index (κ3) is 6.97. The minimum absolute atomic E-state index is 0.0301. The second kappa shape index (κ2) is 18.1.